The van der Waals surface area contributed by atoms with E-state index in [1.165, 1.54) is 24.1 Å². The molecule has 0 unspecified atom stereocenters. The molecule has 38 heavy (non-hydrogen) atoms. The number of aryl methyl sites for hydroxylation is 2. The fourth-order valence-electron chi connectivity index (χ4n) is 5.05. The highest BCUT2D eigenvalue weighted by atomic mass is 35.5. The molecule has 3 aromatic rings. The van der Waals surface area contributed by atoms with Crippen molar-refractivity contribution in [2.75, 3.05) is 13.1 Å². The minimum absolute atomic E-state index is 0. The van der Waals surface area contributed by atoms with E-state index in [1.807, 2.05) is 12.1 Å². The van der Waals surface area contributed by atoms with E-state index in [9.17, 15) is 0 Å². The van der Waals surface area contributed by atoms with Crippen LogP contribution >= 0.6 is 24.8 Å². The normalized spacial score (nSPS) is 16.4. The Morgan fingerprint density at radius 2 is 1.66 bits per heavy atom. The van der Waals surface area contributed by atoms with Gasteiger partial charge in [0.2, 0.25) is 11.7 Å². The molecule has 208 valence electrons. The van der Waals surface area contributed by atoms with E-state index in [4.69, 9.17) is 9.47 Å². The number of aromatic nitrogens is 6. The Hall–Kier alpha value is -2.49. The topological polar surface area (TPSA) is 99.9 Å². The number of piperidine rings is 1. The van der Waals surface area contributed by atoms with Crippen molar-refractivity contribution in [1.82, 2.24) is 35.7 Å². The largest absolute Gasteiger partial charge is 0.490 e. The van der Waals surface area contributed by atoms with Crippen LogP contribution in [0.2, 0.25) is 0 Å². The maximum atomic E-state index is 6.48. The highest BCUT2D eigenvalue weighted by molar-refractivity contribution is 5.85. The standard InChI is InChI=1S/C27H37N7O2.2ClH/c1-3-4-10-24-22(18-26(30-29-24)36-21-13-15-28-16-14-21)19-11-12-25(35-20-8-6-5-7-9-20)23(17-19)27-31-33-34(2)32-27;;/h11-12,17-18,20-21,28H,3-10,13-16H2,1-2H3;2*1H. The van der Waals surface area contributed by atoms with E-state index in [1.54, 1.807) is 7.05 Å². The third-order valence-corrected chi connectivity index (χ3v) is 7.07. The van der Waals surface area contributed by atoms with Gasteiger partial charge in [-0.1, -0.05) is 25.8 Å². The van der Waals surface area contributed by atoms with Gasteiger partial charge in [0.15, 0.2) is 0 Å². The number of rotatable bonds is 9. The van der Waals surface area contributed by atoms with Crippen molar-refractivity contribution in [3.8, 4) is 34.1 Å². The predicted octanol–water partition coefficient (Wildman–Crippen LogP) is 5.36. The van der Waals surface area contributed by atoms with Crippen molar-refractivity contribution in [1.29, 1.82) is 0 Å². The summed E-state index contributed by atoms with van der Waals surface area (Å²) in [6, 6.07) is 8.31. The van der Waals surface area contributed by atoms with Crippen LogP contribution in [0.1, 0.15) is 70.4 Å². The number of tetrazole rings is 1. The average Bonchev–Trinajstić information content (AvgIpc) is 3.35. The number of unbranched alkanes of at least 4 members (excludes halogenated alkanes) is 1. The van der Waals surface area contributed by atoms with Crippen LogP contribution in [0.15, 0.2) is 24.3 Å². The number of benzene rings is 1. The number of nitrogens with zero attached hydrogens (tertiary/aromatic N) is 6. The van der Waals surface area contributed by atoms with Gasteiger partial charge in [-0.3, -0.25) is 0 Å². The maximum Gasteiger partial charge on any atom is 0.234 e. The van der Waals surface area contributed by atoms with E-state index in [0.717, 1.165) is 86.2 Å². The molecule has 1 aromatic carbocycles. The second-order valence-corrected chi connectivity index (χ2v) is 9.91. The molecule has 2 fully saturated rings. The van der Waals surface area contributed by atoms with Gasteiger partial charge in [0, 0.05) is 11.6 Å². The fraction of sp³-hybridized carbons (Fsp3) is 0.593. The zero-order valence-corrected chi connectivity index (χ0v) is 23.9. The zero-order chi connectivity index (χ0) is 24.7. The first kappa shape index (κ1) is 30.1. The lowest BCUT2D eigenvalue weighted by Crippen LogP contribution is -2.34. The summed E-state index contributed by atoms with van der Waals surface area (Å²) in [5, 5.41) is 25.3. The lowest BCUT2D eigenvalue weighted by atomic mass is 9.97. The van der Waals surface area contributed by atoms with Gasteiger partial charge in [-0.2, -0.15) is 9.90 Å². The minimum atomic E-state index is 0. The van der Waals surface area contributed by atoms with Crippen LogP contribution in [0, 0.1) is 0 Å². The van der Waals surface area contributed by atoms with E-state index in [2.05, 4.69) is 50.0 Å². The average molecular weight is 565 g/mol. The molecular weight excluding hydrogens is 525 g/mol. The molecule has 2 aromatic heterocycles. The molecular formula is C27H39Cl2N7O2. The van der Waals surface area contributed by atoms with Gasteiger partial charge in [-0.05, 0) is 87.4 Å². The van der Waals surface area contributed by atoms with Crippen molar-refractivity contribution in [2.24, 2.45) is 7.05 Å². The van der Waals surface area contributed by atoms with Crippen LogP contribution < -0.4 is 14.8 Å². The molecule has 3 heterocycles. The van der Waals surface area contributed by atoms with Gasteiger partial charge in [0.05, 0.1) is 24.4 Å². The Balaban J connectivity index is 0.00000200. The fourth-order valence-corrected chi connectivity index (χ4v) is 5.05. The molecule has 5 rings (SSSR count). The van der Waals surface area contributed by atoms with Gasteiger partial charge in [-0.25, -0.2) is 0 Å². The molecule has 0 spiro atoms. The first-order chi connectivity index (χ1) is 17.7. The molecule has 0 bridgehead atoms. The zero-order valence-electron chi connectivity index (χ0n) is 22.3. The lowest BCUT2D eigenvalue weighted by Gasteiger charge is -2.24. The number of hydrogen-bond donors (Lipinski definition) is 1. The summed E-state index contributed by atoms with van der Waals surface area (Å²) in [6.07, 6.45) is 11.2. The number of nitrogens with one attached hydrogen (secondary N) is 1. The first-order valence-electron chi connectivity index (χ1n) is 13.5. The van der Waals surface area contributed by atoms with Crippen LogP contribution in [-0.2, 0) is 13.5 Å². The molecule has 11 heteroatoms. The van der Waals surface area contributed by atoms with Gasteiger partial charge in [-0.15, -0.1) is 40.1 Å². The molecule has 1 saturated heterocycles. The molecule has 1 aliphatic heterocycles. The quantitative estimate of drug-likeness (QED) is 0.371. The summed E-state index contributed by atoms with van der Waals surface area (Å²) < 4.78 is 12.7. The number of halogens is 2. The van der Waals surface area contributed by atoms with E-state index >= 15 is 0 Å². The van der Waals surface area contributed by atoms with Crippen LogP contribution in [0.4, 0.5) is 0 Å². The third kappa shape index (κ3) is 7.55. The molecule has 1 N–H and O–H groups in total. The van der Waals surface area contributed by atoms with Crippen molar-refractivity contribution in [3.05, 3.63) is 30.0 Å². The first-order valence-corrected chi connectivity index (χ1v) is 13.5. The Morgan fingerprint density at radius 1 is 0.895 bits per heavy atom. The van der Waals surface area contributed by atoms with Gasteiger partial charge in [0.25, 0.3) is 0 Å². The predicted molar refractivity (Wildman–Crippen MR) is 152 cm³/mol. The Kier molecular flexibility index (Phi) is 11.6. The summed E-state index contributed by atoms with van der Waals surface area (Å²) >= 11 is 0. The van der Waals surface area contributed by atoms with Gasteiger partial charge in [0.1, 0.15) is 11.9 Å². The molecule has 0 amide bonds. The third-order valence-electron chi connectivity index (χ3n) is 7.07. The Morgan fingerprint density at radius 3 is 2.37 bits per heavy atom. The Labute approximate surface area is 237 Å². The SMILES string of the molecule is CCCCc1nnc(OC2CCNCC2)cc1-c1ccc(OC2CCCCC2)c(-c2nnn(C)n2)c1.Cl.Cl. The van der Waals surface area contributed by atoms with E-state index in [0.29, 0.717) is 11.7 Å². The van der Waals surface area contributed by atoms with Crippen molar-refractivity contribution in [3.63, 3.8) is 0 Å². The molecule has 9 nitrogen and oxygen atoms in total. The molecule has 0 atom stereocenters. The highest BCUT2D eigenvalue weighted by Gasteiger charge is 2.21. The Bertz CT molecular complexity index is 1150. The maximum absolute atomic E-state index is 6.48. The van der Waals surface area contributed by atoms with Crippen LogP contribution in [0.5, 0.6) is 11.6 Å². The second-order valence-electron chi connectivity index (χ2n) is 9.91. The summed E-state index contributed by atoms with van der Waals surface area (Å²) in [5.74, 6) is 1.95. The van der Waals surface area contributed by atoms with E-state index in [-0.39, 0.29) is 37.0 Å². The van der Waals surface area contributed by atoms with Crippen LogP contribution in [0.3, 0.4) is 0 Å². The van der Waals surface area contributed by atoms with Crippen molar-refractivity contribution >= 4 is 24.8 Å². The monoisotopic (exact) mass is 563 g/mol. The summed E-state index contributed by atoms with van der Waals surface area (Å²) in [7, 11) is 1.78. The summed E-state index contributed by atoms with van der Waals surface area (Å²) in [6.45, 7) is 4.13. The number of hydrogen-bond acceptors (Lipinski definition) is 8. The minimum Gasteiger partial charge on any atom is -0.490 e. The summed E-state index contributed by atoms with van der Waals surface area (Å²) in [5.41, 5.74) is 3.90. The smallest absolute Gasteiger partial charge is 0.234 e. The van der Waals surface area contributed by atoms with Crippen molar-refractivity contribution in [2.45, 2.75) is 83.3 Å². The number of ether oxygens (including phenoxy) is 2. The molecule has 1 saturated carbocycles. The molecule has 0 radical (unpaired) electrons. The van der Waals surface area contributed by atoms with Gasteiger partial charge < -0.3 is 14.8 Å². The van der Waals surface area contributed by atoms with Crippen molar-refractivity contribution < 1.29 is 9.47 Å². The highest BCUT2D eigenvalue weighted by Crippen LogP contribution is 2.36. The van der Waals surface area contributed by atoms with Gasteiger partial charge >= 0.3 is 0 Å². The van der Waals surface area contributed by atoms with Crippen LogP contribution in [0.25, 0.3) is 22.5 Å². The molecule has 2 aliphatic rings. The second kappa shape index (κ2) is 14.6. The lowest BCUT2D eigenvalue weighted by molar-refractivity contribution is 0.154. The summed E-state index contributed by atoms with van der Waals surface area (Å²) in [4.78, 5) is 1.48. The van der Waals surface area contributed by atoms with Crippen LogP contribution in [-0.4, -0.2) is 55.7 Å². The van der Waals surface area contributed by atoms with E-state index < -0.39 is 0 Å². The molecule has 1 aliphatic carbocycles.